The van der Waals surface area contributed by atoms with Crippen molar-refractivity contribution in [2.24, 2.45) is 11.8 Å². The van der Waals surface area contributed by atoms with Gasteiger partial charge < -0.3 is 9.80 Å². The van der Waals surface area contributed by atoms with Gasteiger partial charge in [-0.1, -0.05) is 6.92 Å². The molecule has 1 aromatic heterocycles. The van der Waals surface area contributed by atoms with Gasteiger partial charge in [0.2, 0.25) is 5.91 Å². The summed E-state index contributed by atoms with van der Waals surface area (Å²) in [5.41, 5.74) is 2.65. The molecule has 1 amide bonds. The Hall–Kier alpha value is -1.65. The van der Waals surface area contributed by atoms with Gasteiger partial charge in [-0.25, -0.2) is 9.97 Å². The summed E-state index contributed by atoms with van der Waals surface area (Å²) in [5.74, 6) is 3.61. The van der Waals surface area contributed by atoms with Crippen molar-refractivity contribution in [3.8, 4) is 0 Å². The van der Waals surface area contributed by atoms with E-state index in [2.05, 4.69) is 14.8 Å². The fraction of sp³-hybridized carbons (Fsp3) is 0.706. The van der Waals surface area contributed by atoms with Gasteiger partial charge in [-0.2, -0.15) is 0 Å². The van der Waals surface area contributed by atoms with Crippen molar-refractivity contribution in [1.82, 2.24) is 14.9 Å². The molecule has 0 spiro atoms. The van der Waals surface area contributed by atoms with Crippen molar-refractivity contribution in [3.63, 3.8) is 0 Å². The van der Waals surface area contributed by atoms with Gasteiger partial charge in [-0.05, 0) is 26.2 Å². The van der Waals surface area contributed by atoms with Crippen LogP contribution in [0.1, 0.15) is 36.8 Å². The molecule has 4 rings (SSSR count). The number of nitrogens with zero attached hydrogens (tertiary/aromatic N) is 4. The molecule has 118 valence electrons. The van der Waals surface area contributed by atoms with Crippen LogP contribution < -0.4 is 4.90 Å². The monoisotopic (exact) mass is 300 g/mol. The van der Waals surface area contributed by atoms with Gasteiger partial charge in [0.25, 0.3) is 0 Å². The normalized spacial score (nSPS) is 26.5. The Morgan fingerprint density at radius 3 is 2.55 bits per heavy atom. The first kappa shape index (κ1) is 14.0. The first-order valence-electron chi connectivity index (χ1n) is 8.54. The lowest BCUT2D eigenvalue weighted by Crippen LogP contribution is -2.33. The minimum atomic E-state index is 0.305. The van der Waals surface area contributed by atoms with Crippen LogP contribution >= 0.6 is 0 Å². The van der Waals surface area contributed by atoms with E-state index in [4.69, 9.17) is 4.98 Å². The van der Waals surface area contributed by atoms with E-state index in [-0.39, 0.29) is 0 Å². The molecule has 3 heterocycles. The van der Waals surface area contributed by atoms with Gasteiger partial charge >= 0.3 is 0 Å². The average molecular weight is 300 g/mol. The molecule has 0 saturated carbocycles. The molecule has 0 bridgehead atoms. The number of amides is 1. The second kappa shape index (κ2) is 5.21. The van der Waals surface area contributed by atoms with Crippen LogP contribution in [0.15, 0.2) is 0 Å². The van der Waals surface area contributed by atoms with E-state index in [1.54, 1.807) is 0 Å². The maximum atomic E-state index is 11.9. The Morgan fingerprint density at radius 2 is 1.86 bits per heavy atom. The number of hydrogen-bond acceptors (Lipinski definition) is 4. The van der Waals surface area contributed by atoms with Crippen LogP contribution in [0.2, 0.25) is 0 Å². The molecule has 1 aliphatic carbocycles. The largest absolute Gasteiger partial charge is 0.356 e. The SMILES string of the molecule is CCC(=O)N1CC2CN(c3nc(C)nc4c3CCC4)CC2C1. The first-order valence-corrected chi connectivity index (χ1v) is 8.54. The van der Waals surface area contributed by atoms with Crippen LogP contribution in [0.5, 0.6) is 0 Å². The molecule has 3 aliphatic rings. The lowest BCUT2D eigenvalue weighted by Gasteiger charge is -2.24. The quantitative estimate of drug-likeness (QED) is 0.832. The summed E-state index contributed by atoms with van der Waals surface area (Å²) in [6.07, 6.45) is 4.06. The molecule has 2 atom stereocenters. The van der Waals surface area contributed by atoms with Crippen molar-refractivity contribution in [1.29, 1.82) is 0 Å². The zero-order valence-corrected chi connectivity index (χ0v) is 13.5. The van der Waals surface area contributed by atoms with Crippen molar-refractivity contribution in [2.45, 2.75) is 39.5 Å². The molecule has 5 nitrogen and oxygen atoms in total. The highest BCUT2D eigenvalue weighted by Crippen LogP contribution is 2.37. The van der Waals surface area contributed by atoms with Gasteiger partial charge in [-0.3, -0.25) is 4.79 Å². The topological polar surface area (TPSA) is 49.3 Å². The van der Waals surface area contributed by atoms with Crippen molar-refractivity contribution in [3.05, 3.63) is 17.1 Å². The number of rotatable bonds is 2. The van der Waals surface area contributed by atoms with Crippen LogP contribution in [0.3, 0.4) is 0 Å². The highest BCUT2D eigenvalue weighted by Gasteiger charge is 2.42. The molecule has 2 aliphatic heterocycles. The van der Waals surface area contributed by atoms with Crippen molar-refractivity contribution >= 4 is 11.7 Å². The zero-order valence-electron chi connectivity index (χ0n) is 13.5. The number of aromatic nitrogens is 2. The highest BCUT2D eigenvalue weighted by atomic mass is 16.2. The predicted molar refractivity (Wildman–Crippen MR) is 84.9 cm³/mol. The highest BCUT2D eigenvalue weighted by molar-refractivity contribution is 5.76. The third kappa shape index (κ3) is 2.18. The molecular weight excluding hydrogens is 276 g/mol. The van der Waals surface area contributed by atoms with E-state index in [0.29, 0.717) is 24.2 Å². The second-order valence-corrected chi connectivity index (χ2v) is 6.95. The Bertz CT molecular complexity index is 601. The van der Waals surface area contributed by atoms with Crippen LogP contribution in [0, 0.1) is 18.8 Å². The van der Waals surface area contributed by atoms with Gasteiger partial charge in [0.1, 0.15) is 11.6 Å². The lowest BCUT2D eigenvalue weighted by atomic mass is 10.0. The number of fused-ring (bicyclic) bond motifs is 2. The fourth-order valence-electron chi connectivity index (χ4n) is 4.39. The third-order valence-corrected chi connectivity index (χ3v) is 5.46. The van der Waals surface area contributed by atoms with Crippen LogP contribution in [0.4, 0.5) is 5.82 Å². The smallest absolute Gasteiger partial charge is 0.222 e. The van der Waals surface area contributed by atoms with Crippen LogP contribution in [0.25, 0.3) is 0 Å². The summed E-state index contributed by atoms with van der Waals surface area (Å²) in [6, 6.07) is 0. The predicted octanol–water partition coefficient (Wildman–Crippen LogP) is 1.58. The molecule has 5 heteroatoms. The third-order valence-electron chi connectivity index (χ3n) is 5.46. The van der Waals surface area contributed by atoms with E-state index in [1.165, 1.54) is 23.5 Å². The van der Waals surface area contributed by atoms with Crippen molar-refractivity contribution < 1.29 is 4.79 Å². The van der Waals surface area contributed by atoms with E-state index < -0.39 is 0 Å². The molecule has 0 aromatic carbocycles. The lowest BCUT2D eigenvalue weighted by molar-refractivity contribution is -0.130. The summed E-state index contributed by atoms with van der Waals surface area (Å²) in [5, 5.41) is 0. The minimum absolute atomic E-state index is 0.305. The Kier molecular flexibility index (Phi) is 3.31. The Balaban J connectivity index is 1.53. The van der Waals surface area contributed by atoms with E-state index in [0.717, 1.165) is 44.8 Å². The number of likely N-dealkylation sites (tertiary alicyclic amines) is 1. The first-order chi connectivity index (χ1) is 10.7. The standard InChI is InChI=1S/C17H24N4O/c1-3-16(22)20-7-12-9-21(10-13(12)8-20)17-14-5-4-6-15(14)18-11(2)19-17/h12-13H,3-10H2,1-2H3. The summed E-state index contributed by atoms with van der Waals surface area (Å²) in [4.78, 5) is 25.8. The van der Waals surface area contributed by atoms with Crippen LogP contribution in [-0.2, 0) is 17.6 Å². The van der Waals surface area contributed by atoms with E-state index in [9.17, 15) is 4.79 Å². The molecule has 1 aromatic rings. The van der Waals surface area contributed by atoms with Gasteiger partial charge in [0.15, 0.2) is 0 Å². The second-order valence-electron chi connectivity index (χ2n) is 6.95. The maximum Gasteiger partial charge on any atom is 0.222 e. The summed E-state index contributed by atoms with van der Waals surface area (Å²) in [7, 11) is 0. The number of anilines is 1. The summed E-state index contributed by atoms with van der Waals surface area (Å²) >= 11 is 0. The van der Waals surface area contributed by atoms with Gasteiger partial charge in [-0.15, -0.1) is 0 Å². The zero-order chi connectivity index (χ0) is 15.3. The number of carbonyl (C=O) groups is 1. The fourth-order valence-corrected chi connectivity index (χ4v) is 4.39. The molecule has 0 radical (unpaired) electrons. The molecule has 2 unspecified atom stereocenters. The summed E-state index contributed by atoms with van der Waals surface area (Å²) < 4.78 is 0. The number of carbonyl (C=O) groups excluding carboxylic acids is 1. The van der Waals surface area contributed by atoms with E-state index in [1.807, 2.05) is 13.8 Å². The molecule has 0 N–H and O–H groups in total. The summed E-state index contributed by atoms with van der Waals surface area (Å²) in [6.45, 7) is 7.90. The average Bonchev–Trinajstić information content (AvgIpc) is 3.18. The Morgan fingerprint density at radius 1 is 1.14 bits per heavy atom. The minimum Gasteiger partial charge on any atom is -0.356 e. The molecule has 2 fully saturated rings. The molecule has 2 saturated heterocycles. The Labute approximate surface area is 131 Å². The van der Waals surface area contributed by atoms with Crippen molar-refractivity contribution in [2.75, 3.05) is 31.1 Å². The maximum absolute atomic E-state index is 11.9. The number of hydrogen-bond donors (Lipinski definition) is 0. The molecule has 22 heavy (non-hydrogen) atoms. The number of aryl methyl sites for hydroxylation is 2. The van der Waals surface area contributed by atoms with Gasteiger partial charge in [0.05, 0.1) is 0 Å². The molecular formula is C17H24N4O. The van der Waals surface area contributed by atoms with Crippen LogP contribution in [-0.4, -0.2) is 47.0 Å². The van der Waals surface area contributed by atoms with E-state index >= 15 is 0 Å². The van der Waals surface area contributed by atoms with Gasteiger partial charge in [0, 0.05) is 55.7 Å².